The van der Waals surface area contributed by atoms with Crippen LogP contribution in [0.1, 0.15) is 18.9 Å². The number of rotatable bonds is 7. The summed E-state index contributed by atoms with van der Waals surface area (Å²) in [5.74, 6) is 0.381. The van der Waals surface area contributed by atoms with Crippen molar-refractivity contribution < 1.29 is 19.0 Å². The maximum Gasteiger partial charge on any atom is 0.310 e. The summed E-state index contributed by atoms with van der Waals surface area (Å²) < 4.78 is 15.8. The molecule has 1 aromatic rings. The molecule has 1 aromatic carbocycles. The summed E-state index contributed by atoms with van der Waals surface area (Å²) in [5.41, 5.74) is 2.18. The van der Waals surface area contributed by atoms with Crippen molar-refractivity contribution in [2.75, 3.05) is 25.1 Å². The SMILES string of the molecule is CCC(=O)Oc1ccc(NCC2CO2)c(CC2CO2)c1. The zero-order chi connectivity index (χ0) is 13.9. The molecule has 3 rings (SSSR count). The summed E-state index contributed by atoms with van der Waals surface area (Å²) in [7, 11) is 0. The van der Waals surface area contributed by atoms with E-state index in [2.05, 4.69) is 5.32 Å². The third kappa shape index (κ3) is 3.71. The van der Waals surface area contributed by atoms with E-state index in [1.54, 1.807) is 6.92 Å². The Labute approximate surface area is 118 Å². The van der Waals surface area contributed by atoms with E-state index in [1.165, 1.54) is 0 Å². The normalized spacial score (nSPS) is 23.2. The van der Waals surface area contributed by atoms with Gasteiger partial charge >= 0.3 is 5.97 Å². The summed E-state index contributed by atoms with van der Waals surface area (Å²) in [5, 5.41) is 3.38. The molecule has 0 aromatic heterocycles. The highest BCUT2D eigenvalue weighted by Crippen LogP contribution is 2.27. The number of epoxide rings is 2. The lowest BCUT2D eigenvalue weighted by Gasteiger charge is -2.12. The zero-order valence-electron chi connectivity index (χ0n) is 11.6. The molecule has 0 spiro atoms. The third-order valence-corrected chi connectivity index (χ3v) is 3.37. The van der Waals surface area contributed by atoms with Crippen molar-refractivity contribution in [1.29, 1.82) is 0 Å². The predicted octanol–water partition coefficient (Wildman–Crippen LogP) is 1.75. The molecule has 0 radical (unpaired) electrons. The van der Waals surface area contributed by atoms with Crippen LogP contribution in [0, 0.1) is 0 Å². The molecule has 2 saturated heterocycles. The molecule has 20 heavy (non-hydrogen) atoms. The number of carbonyl (C=O) groups excluding carboxylic acids is 1. The number of esters is 1. The molecule has 0 bridgehead atoms. The van der Waals surface area contributed by atoms with Crippen molar-refractivity contribution in [2.45, 2.75) is 32.0 Å². The van der Waals surface area contributed by atoms with Crippen molar-refractivity contribution in [1.82, 2.24) is 0 Å². The second-order valence-electron chi connectivity index (χ2n) is 5.14. The maximum absolute atomic E-state index is 11.4. The first-order chi connectivity index (χ1) is 9.74. The molecule has 2 atom stereocenters. The molecule has 0 amide bonds. The number of benzene rings is 1. The standard InChI is InChI=1S/C15H19NO4/c1-2-15(17)20-11-3-4-14(16-7-13-9-19-13)10(5-11)6-12-8-18-12/h3-5,12-13,16H,2,6-9H2,1H3. The first kappa shape index (κ1) is 13.4. The van der Waals surface area contributed by atoms with Crippen molar-refractivity contribution in [3.8, 4) is 5.75 Å². The Morgan fingerprint density at radius 3 is 2.75 bits per heavy atom. The topological polar surface area (TPSA) is 63.4 Å². The minimum absolute atomic E-state index is 0.217. The summed E-state index contributed by atoms with van der Waals surface area (Å²) in [6.07, 6.45) is 1.84. The molecule has 2 fully saturated rings. The Bertz CT molecular complexity index is 495. The molecule has 2 heterocycles. The fourth-order valence-electron chi connectivity index (χ4n) is 2.02. The largest absolute Gasteiger partial charge is 0.427 e. The smallest absolute Gasteiger partial charge is 0.310 e. The van der Waals surface area contributed by atoms with E-state index in [1.807, 2.05) is 18.2 Å². The summed E-state index contributed by atoms with van der Waals surface area (Å²) >= 11 is 0. The van der Waals surface area contributed by atoms with E-state index in [9.17, 15) is 4.79 Å². The van der Waals surface area contributed by atoms with Crippen LogP contribution in [0.5, 0.6) is 5.75 Å². The van der Waals surface area contributed by atoms with Gasteiger partial charge < -0.3 is 19.5 Å². The highest BCUT2D eigenvalue weighted by molar-refractivity contribution is 5.72. The number of hydrogen-bond acceptors (Lipinski definition) is 5. The van der Waals surface area contributed by atoms with Crippen LogP contribution in [0.4, 0.5) is 5.69 Å². The third-order valence-electron chi connectivity index (χ3n) is 3.37. The van der Waals surface area contributed by atoms with Crippen LogP contribution >= 0.6 is 0 Å². The van der Waals surface area contributed by atoms with Crippen molar-refractivity contribution in [2.24, 2.45) is 0 Å². The van der Waals surface area contributed by atoms with Crippen molar-refractivity contribution >= 4 is 11.7 Å². The monoisotopic (exact) mass is 277 g/mol. The molecule has 5 heteroatoms. The van der Waals surface area contributed by atoms with Crippen LogP contribution in [-0.4, -0.2) is 37.9 Å². The molecule has 5 nitrogen and oxygen atoms in total. The second kappa shape index (κ2) is 5.81. The summed E-state index contributed by atoms with van der Waals surface area (Å²) in [4.78, 5) is 11.4. The van der Waals surface area contributed by atoms with E-state index < -0.39 is 0 Å². The lowest BCUT2D eigenvalue weighted by atomic mass is 10.1. The zero-order valence-corrected chi connectivity index (χ0v) is 11.6. The lowest BCUT2D eigenvalue weighted by molar-refractivity contribution is -0.134. The van der Waals surface area contributed by atoms with E-state index >= 15 is 0 Å². The molecule has 0 aliphatic carbocycles. The molecule has 0 saturated carbocycles. The van der Waals surface area contributed by atoms with Crippen LogP contribution in [0.25, 0.3) is 0 Å². The lowest BCUT2D eigenvalue weighted by Crippen LogP contribution is -2.11. The van der Waals surface area contributed by atoms with Gasteiger partial charge in [0.15, 0.2) is 0 Å². The summed E-state index contributed by atoms with van der Waals surface area (Å²) in [6.45, 7) is 4.24. The van der Waals surface area contributed by atoms with Crippen LogP contribution in [0.15, 0.2) is 18.2 Å². The average Bonchev–Trinajstić information content (AvgIpc) is 3.32. The predicted molar refractivity (Wildman–Crippen MR) is 74.0 cm³/mol. The van der Waals surface area contributed by atoms with Gasteiger partial charge in [-0.05, 0) is 23.8 Å². The first-order valence-electron chi connectivity index (χ1n) is 7.05. The van der Waals surface area contributed by atoms with Gasteiger partial charge in [0.2, 0.25) is 0 Å². The minimum atomic E-state index is -0.217. The van der Waals surface area contributed by atoms with Gasteiger partial charge in [0.25, 0.3) is 0 Å². The Hall–Kier alpha value is -1.59. The number of nitrogens with one attached hydrogen (secondary N) is 1. The molecule has 1 N–H and O–H groups in total. The Morgan fingerprint density at radius 2 is 2.10 bits per heavy atom. The number of ether oxygens (including phenoxy) is 3. The maximum atomic E-state index is 11.4. The van der Waals surface area contributed by atoms with Gasteiger partial charge in [-0.15, -0.1) is 0 Å². The summed E-state index contributed by atoms with van der Waals surface area (Å²) in [6, 6.07) is 5.70. The second-order valence-corrected chi connectivity index (χ2v) is 5.14. The molecular formula is C15H19NO4. The van der Waals surface area contributed by atoms with Gasteiger partial charge in [0, 0.05) is 25.1 Å². The Kier molecular flexibility index (Phi) is 3.89. The Morgan fingerprint density at radius 1 is 1.35 bits per heavy atom. The van der Waals surface area contributed by atoms with Crippen molar-refractivity contribution in [3.05, 3.63) is 23.8 Å². The van der Waals surface area contributed by atoms with E-state index in [4.69, 9.17) is 14.2 Å². The van der Waals surface area contributed by atoms with Crippen LogP contribution < -0.4 is 10.1 Å². The van der Waals surface area contributed by atoms with Gasteiger partial charge in [-0.1, -0.05) is 6.92 Å². The molecule has 2 unspecified atom stereocenters. The van der Waals surface area contributed by atoms with E-state index in [0.29, 0.717) is 24.4 Å². The van der Waals surface area contributed by atoms with Gasteiger partial charge in [-0.3, -0.25) is 4.79 Å². The quantitative estimate of drug-likeness (QED) is 0.467. The fourth-order valence-corrected chi connectivity index (χ4v) is 2.02. The molecule has 108 valence electrons. The van der Waals surface area contributed by atoms with Crippen LogP contribution in [-0.2, 0) is 20.7 Å². The van der Waals surface area contributed by atoms with E-state index in [0.717, 1.165) is 37.4 Å². The number of anilines is 1. The van der Waals surface area contributed by atoms with Crippen molar-refractivity contribution in [3.63, 3.8) is 0 Å². The molecule has 2 aliphatic heterocycles. The first-order valence-corrected chi connectivity index (χ1v) is 7.05. The van der Waals surface area contributed by atoms with Gasteiger partial charge in [0.1, 0.15) is 5.75 Å². The van der Waals surface area contributed by atoms with E-state index in [-0.39, 0.29) is 5.97 Å². The highest BCUT2D eigenvalue weighted by atomic mass is 16.6. The Balaban J connectivity index is 1.71. The van der Waals surface area contributed by atoms with Crippen LogP contribution in [0.2, 0.25) is 0 Å². The van der Waals surface area contributed by atoms with Gasteiger partial charge in [-0.2, -0.15) is 0 Å². The average molecular weight is 277 g/mol. The number of hydrogen-bond donors (Lipinski definition) is 1. The van der Waals surface area contributed by atoms with Gasteiger partial charge in [-0.25, -0.2) is 0 Å². The fraction of sp³-hybridized carbons (Fsp3) is 0.533. The van der Waals surface area contributed by atoms with Crippen LogP contribution in [0.3, 0.4) is 0 Å². The van der Waals surface area contributed by atoms with Gasteiger partial charge in [0.05, 0.1) is 25.4 Å². The minimum Gasteiger partial charge on any atom is -0.427 e. The molecule has 2 aliphatic rings. The number of carbonyl (C=O) groups is 1. The highest BCUT2D eigenvalue weighted by Gasteiger charge is 2.25. The molecular weight excluding hydrogens is 258 g/mol.